The van der Waals surface area contributed by atoms with Crippen LogP contribution >= 0.6 is 15.9 Å². The molecule has 3 nitrogen and oxygen atoms in total. The summed E-state index contributed by atoms with van der Waals surface area (Å²) in [6.07, 6.45) is -4.63. The maximum atomic E-state index is 12.8. The van der Waals surface area contributed by atoms with Gasteiger partial charge in [-0.1, -0.05) is 15.9 Å². The van der Waals surface area contributed by atoms with Gasteiger partial charge >= 0.3 is 12.1 Å². The smallest absolute Gasteiger partial charge is 0.418 e. The van der Waals surface area contributed by atoms with Gasteiger partial charge < -0.3 is 10.5 Å². The van der Waals surface area contributed by atoms with E-state index in [1.807, 2.05) is 0 Å². The van der Waals surface area contributed by atoms with Crippen molar-refractivity contribution >= 4 is 27.6 Å². The van der Waals surface area contributed by atoms with Gasteiger partial charge in [0.25, 0.3) is 0 Å². The van der Waals surface area contributed by atoms with E-state index < -0.39 is 29.0 Å². The average Bonchev–Trinajstić information content (AvgIpc) is 2.16. The molecule has 0 saturated heterocycles. The minimum absolute atomic E-state index is 0.106. The first-order valence-electron chi connectivity index (χ1n) is 5.31. The number of carbonyl (C=O) groups is 1. The fourth-order valence-corrected chi connectivity index (χ4v) is 1.81. The lowest BCUT2D eigenvalue weighted by atomic mass is 10.1. The summed E-state index contributed by atoms with van der Waals surface area (Å²) in [5.41, 5.74) is 2.59. The standard InChI is InChI=1S/C12H13BrF3NO2/c1-11(2,3)19-10(18)7-4-6(13)5-8(9(7)17)12(14,15)16/h4-5H,17H2,1-3H3. The number of alkyl halides is 3. The number of carbonyl (C=O) groups excluding carboxylic acids is 1. The van der Waals surface area contributed by atoms with E-state index in [2.05, 4.69) is 15.9 Å². The van der Waals surface area contributed by atoms with Crippen LogP contribution in [0.2, 0.25) is 0 Å². The van der Waals surface area contributed by atoms with Gasteiger partial charge in [-0.25, -0.2) is 4.79 Å². The molecule has 0 bridgehead atoms. The molecule has 1 rings (SSSR count). The van der Waals surface area contributed by atoms with Crippen LogP contribution in [-0.4, -0.2) is 11.6 Å². The molecule has 7 heteroatoms. The van der Waals surface area contributed by atoms with E-state index in [0.29, 0.717) is 0 Å². The molecule has 1 aromatic rings. The second-order valence-corrected chi connectivity index (χ2v) is 5.83. The highest BCUT2D eigenvalue weighted by Crippen LogP contribution is 2.37. The zero-order chi connectivity index (χ0) is 15.0. The Kier molecular flexibility index (Phi) is 4.19. The van der Waals surface area contributed by atoms with Crippen molar-refractivity contribution < 1.29 is 22.7 Å². The van der Waals surface area contributed by atoms with Gasteiger partial charge in [0.1, 0.15) is 5.60 Å². The lowest BCUT2D eigenvalue weighted by Crippen LogP contribution is -2.25. The summed E-state index contributed by atoms with van der Waals surface area (Å²) < 4.78 is 43.4. The third-order valence-electron chi connectivity index (χ3n) is 2.07. The first kappa shape index (κ1) is 15.8. The fourth-order valence-electron chi connectivity index (χ4n) is 1.35. The Morgan fingerprint density at radius 3 is 2.21 bits per heavy atom. The van der Waals surface area contributed by atoms with Crippen molar-refractivity contribution in [3.8, 4) is 0 Å². The Bertz CT molecular complexity index is 507. The Hall–Kier alpha value is -1.24. The van der Waals surface area contributed by atoms with Gasteiger partial charge in [0.05, 0.1) is 16.8 Å². The second kappa shape index (κ2) is 5.03. The number of benzene rings is 1. The zero-order valence-corrected chi connectivity index (χ0v) is 12.1. The van der Waals surface area contributed by atoms with Crippen LogP contribution in [0.25, 0.3) is 0 Å². The molecule has 2 N–H and O–H groups in total. The first-order valence-corrected chi connectivity index (χ1v) is 6.10. The van der Waals surface area contributed by atoms with Crippen molar-refractivity contribution in [3.63, 3.8) is 0 Å². The molecular weight excluding hydrogens is 327 g/mol. The second-order valence-electron chi connectivity index (χ2n) is 4.91. The molecule has 0 aliphatic rings. The SMILES string of the molecule is CC(C)(C)OC(=O)c1cc(Br)cc(C(F)(F)F)c1N. The predicted octanol–water partition coefficient (Wildman–Crippen LogP) is 4.01. The molecule has 0 unspecified atom stereocenters. The third kappa shape index (κ3) is 4.12. The van der Waals surface area contributed by atoms with Gasteiger partial charge in [-0.05, 0) is 32.9 Å². The highest BCUT2D eigenvalue weighted by Gasteiger charge is 2.35. The van der Waals surface area contributed by atoms with E-state index in [4.69, 9.17) is 10.5 Å². The van der Waals surface area contributed by atoms with Crippen molar-refractivity contribution in [2.75, 3.05) is 5.73 Å². The average molecular weight is 340 g/mol. The minimum Gasteiger partial charge on any atom is -0.456 e. The number of rotatable bonds is 1. The van der Waals surface area contributed by atoms with Crippen LogP contribution in [0.4, 0.5) is 18.9 Å². The van der Waals surface area contributed by atoms with Crippen LogP contribution in [0, 0.1) is 0 Å². The molecule has 0 fully saturated rings. The van der Waals surface area contributed by atoms with Gasteiger partial charge in [0.15, 0.2) is 0 Å². The van der Waals surface area contributed by atoms with Crippen LogP contribution in [0.3, 0.4) is 0 Å². The molecule has 0 aliphatic carbocycles. The third-order valence-corrected chi connectivity index (χ3v) is 2.53. The van der Waals surface area contributed by atoms with Gasteiger partial charge in [-0.15, -0.1) is 0 Å². The van der Waals surface area contributed by atoms with Crippen LogP contribution in [0.5, 0.6) is 0 Å². The number of nitrogens with two attached hydrogens (primary N) is 1. The largest absolute Gasteiger partial charge is 0.456 e. The number of halogens is 4. The first-order chi connectivity index (χ1) is 8.42. The van der Waals surface area contributed by atoms with E-state index in [9.17, 15) is 18.0 Å². The minimum atomic E-state index is -4.63. The van der Waals surface area contributed by atoms with Gasteiger partial charge in [0.2, 0.25) is 0 Å². The van der Waals surface area contributed by atoms with Crippen molar-refractivity contribution in [2.24, 2.45) is 0 Å². The van der Waals surface area contributed by atoms with E-state index in [-0.39, 0.29) is 10.0 Å². The van der Waals surface area contributed by atoms with Crippen molar-refractivity contribution in [1.29, 1.82) is 0 Å². The quantitative estimate of drug-likeness (QED) is 0.621. The fraction of sp³-hybridized carbons (Fsp3) is 0.417. The van der Waals surface area contributed by atoms with E-state index >= 15 is 0 Å². The van der Waals surface area contributed by atoms with Crippen LogP contribution in [0.15, 0.2) is 16.6 Å². The molecule has 0 radical (unpaired) electrons. The van der Waals surface area contributed by atoms with Crippen molar-refractivity contribution in [1.82, 2.24) is 0 Å². The number of hydrogen-bond acceptors (Lipinski definition) is 3. The molecule has 19 heavy (non-hydrogen) atoms. The van der Waals surface area contributed by atoms with Crippen LogP contribution in [0.1, 0.15) is 36.7 Å². The topological polar surface area (TPSA) is 52.3 Å². The van der Waals surface area contributed by atoms with Crippen molar-refractivity contribution in [2.45, 2.75) is 32.5 Å². The molecule has 0 amide bonds. The molecule has 0 saturated carbocycles. The molecule has 0 aliphatic heterocycles. The monoisotopic (exact) mass is 339 g/mol. The Morgan fingerprint density at radius 2 is 1.79 bits per heavy atom. The molecule has 0 atom stereocenters. The van der Waals surface area contributed by atoms with Gasteiger partial charge in [0, 0.05) is 4.47 Å². The number of nitrogen functional groups attached to an aromatic ring is 1. The molecule has 0 spiro atoms. The van der Waals surface area contributed by atoms with E-state index in [1.165, 1.54) is 6.07 Å². The molecular formula is C12H13BrF3NO2. The molecule has 0 aromatic heterocycles. The van der Waals surface area contributed by atoms with E-state index in [1.54, 1.807) is 20.8 Å². The number of hydrogen-bond donors (Lipinski definition) is 1. The van der Waals surface area contributed by atoms with E-state index in [0.717, 1.165) is 6.07 Å². The summed E-state index contributed by atoms with van der Waals surface area (Å²) in [5, 5.41) is 0. The number of esters is 1. The van der Waals surface area contributed by atoms with Crippen LogP contribution in [-0.2, 0) is 10.9 Å². The number of anilines is 1. The predicted molar refractivity (Wildman–Crippen MR) is 68.7 cm³/mol. The van der Waals surface area contributed by atoms with Crippen LogP contribution < -0.4 is 5.73 Å². The Morgan fingerprint density at radius 1 is 1.26 bits per heavy atom. The lowest BCUT2D eigenvalue weighted by Gasteiger charge is -2.21. The summed E-state index contributed by atoms with van der Waals surface area (Å²) in [7, 11) is 0. The summed E-state index contributed by atoms with van der Waals surface area (Å²) in [5.74, 6) is -0.892. The van der Waals surface area contributed by atoms with Crippen molar-refractivity contribution in [3.05, 3.63) is 27.7 Å². The Labute approximate surface area is 117 Å². The number of ether oxygens (including phenoxy) is 1. The highest BCUT2D eigenvalue weighted by molar-refractivity contribution is 9.10. The maximum absolute atomic E-state index is 12.8. The summed E-state index contributed by atoms with van der Waals surface area (Å²) in [6.45, 7) is 4.84. The van der Waals surface area contributed by atoms with Gasteiger partial charge in [-0.2, -0.15) is 13.2 Å². The summed E-state index contributed by atoms with van der Waals surface area (Å²) in [6, 6.07) is 2.03. The lowest BCUT2D eigenvalue weighted by molar-refractivity contribution is -0.136. The molecule has 1 aromatic carbocycles. The summed E-state index contributed by atoms with van der Waals surface area (Å²) in [4.78, 5) is 11.8. The maximum Gasteiger partial charge on any atom is 0.418 e. The van der Waals surface area contributed by atoms with Gasteiger partial charge in [-0.3, -0.25) is 0 Å². The highest BCUT2D eigenvalue weighted by atomic mass is 79.9. The molecule has 0 heterocycles. The normalized spacial score (nSPS) is 12.4. The molecule has 106 valence electrons. The Balaban J connectivity index is 3.30. The summed E-state index contributed by atoms with van der Waals surface area (Å²) >= 11 is 2.92. The zero-order valence-electron chi connectivity index (χ0n) is 10.6.